The number of aliphatic hydroxyl groups is 1. The molecule has 7 atom stereocenters. The fraction of sp³-hybridized carbons (Fsp3) is 0.441. The third-order valence-corrected chi connectivity index (χ3v) is 9.36. The number of rotatable bonds is 8. The summed E-state index contributed by atoms with van der Waals surface area (Å²) in [5.74, 6) is -2.40. The van der Waals surface area contributed by atoms with E-state index in [1.807, 2.05) is 96.8 Å². The smallest absolute Gasteiger partial charge is 0.249 e. The van der Waals surface area contributed by atoms with E-state index in [0.29, 0.717) is 19.6 Å². The van der Waals surface area contributed by atoms with Crippen LogP contribution < -0.4 is 0 Å². The highest BCUT2D eigenvalue weighted by atomic mass is 16.5. The molecule has 0 aromatic heterocycles. The molecule has 1 spiro atoms. The van der Waals surface area contributed by atoms with Gasteiger partial charge in [-0.3, -0.25) is 14.4 Å². The number of aliphatic hydroxyl groups excluding tert-OH is 1. The Labute approximate surface area is 247 Å². The summed E-state index contributed by atoms with van der Waals surface area (Å²) >= 11 is 0. The first-order chi connectivity index (χ1) is 20.4. The topological polar surface area (TPSA) is 90.4 Å². The normalized spacial score (nSPS) is 30.1. The van der Waals surface area contributed by atoms with E-state index in [2.05, 4.69) is 6.92 Å². The summed E-state index contributed by atoms with van der Waals surface area (Å²) < 4.78 is 6.79. The number of amides is 3. The van der Waals surface area contributed by atoms with E-state index in [1.165, 1.54) is 4.90 Å². The van der Waals surface area contributed by atoms with Gasteiger partial charge in [-0.1, -0.05) is 98.3 Å². The molecule has 2 aromatic rings. The lowest BCUT2D eigenvalue weighted by atomic mass is 9.77. The van der Waals surface area contributed by atoms with Crippen molar-refractivity contribution in [1.29, 1.82) is 0 Å². The van der Waals surface area contributed by atoms with Crippen molar-refractivity contribution in [3.63, 3.8) is 0 Å². The molecule has 8 nitrogen and oxygen atoms in total. The van der Waals surface area contributed by atoms with E-state index in [0.717, 1.165) is 24.0 Å². The minimum Gasteiger partial charge on any atom is -0.394 e. The predicted octanol–water partition coefficient (Wildman–Crippen LogP) is 3.49. The molecular formula is C34H39N3O5. The second-order valence-corrected chi connectivity index (χ2v) is 11.9. The van der Waals surface area contributed by atoms with Gasteiger partial charge in [0.15, 0.2) is 0 Å². The number of ether oxygens (including phenoxy) is 1. The molecule has 4 heterocycles. The zero-order chi connectivity index (χ0) is 29.4. The van der Waals surface area contributed by atoms with Crippen molar-refractivity contribution in [1.82, 2.24) is 14.7 Å². The molecule has 2 unspecified atom stereocenters. The summed E-state index contributed by atoms with van der Waals surface area (Å²) in [5.41, 5.74) is 0.396. The van der Waals surface area contributed by atoms with Crippen molar-refractivity contribution in [2.45, 2.75) is 63.1 Å². The van der Waals surface area contributed by atoms with Crippen molar-refractivity contribution in [3.05, 3.63) is 96.1 Å². The van der Waals surface area contributed by atoms with E-state index in [-0.39, 0.29) is 30.4 Å². The fourth-order valence-electron chi connectivity index (χ4n) is 7.43. The molecule has 1 N–H and O–H groups in total. The summed E-state index contributed by atoms with van der Waals surface area (Å²) in [6, 6.07) is 17.3. The van der Waals surface area contributed by atoms with Gasteiger partial charge in [-0.25, -0.2) is 0 Å². The molecule has 3 amide bonds. The molecule has 42 heavy (non-hydrogen) atoms. The van der Waals surface area contributed by atoms with Gasteiger partial charge >= 0.3 is 0 Å². The van der Waals surface area contributed by atoms with Crippen molar-refractivity contribution in [2.75, 3.05) is 19.7 Å². The van der Waals surface area contributed by atoms with Crippen LogP contribution >= 0.6 is 0 Å². The van der Waals surface area contributed by atoms with Crippen molar-refractivity contribution in [3.8, 4) is 0 Å². The maximum Gasteiger partial charge on any atom is 0.249 e. The second kappa shape index (κ2) is 11.5. The summed E-state index contributed by atoms with van der Waals surface area (Å²) in [6.45, 7) is 4.96. The van der Waals surface area contributed by atoms with Gasteiger partial charge in [-0.05, 0) is 24.5 Å². The Kier molecular flexibility index (Phi) is 7.77. The van der Waals surface area contributed by atoms with Gasteiger partial charge in [-0.15, -0.1) is 0 Å². The van der Waals surface area contributed by atoms with Crippen LogP contribution in [0.2, 0.25) is 0 Å². The Morgan fingerprint density at radius 3 is 2.36 bits per heavy atom. The standard InChI is InChI=1S/C34H39N3O5/c1-3-12-23(2)36-20-11-18-34-29(32(40)37(30(34)33(36)41)26(22-38)25-15-8-5-9-16-25)28-27(42-34)17-10-19-35(31(28)39)21-24-13-6-4-7-14-24/h4-11,13-18,23,26-30,38H,3,12,19-22H2,1-2H3/t23?,26-,27-,28+,29+,30?,34+/m1/s1. The van der Waals surface area contributed by atoms with Crippen molar-refractivity contribution >= 4 is 17.7 Å². The van der Waals surface area contributed by atoms with Crippen LogP contribution in [-0.2, 0) is 25.7 Å². The third-order valence-electron chi connectivity index (χ3n) is 9.36. The molecule has 0 radical (unpaired) electrons. The van der Waals surface area contributed by atoms with E-state index in [1.54, 1.807) is 4.90 Å². The lowest BCUT2D eigenvalue weighted by Crippen LogP contribution is -2.57. The minimum atomic E-state index is -1.33. The molecule has 0 aliphatic carbocycles. The number of likely N-dealkylation sites (tertiary alicyclic amines) is 1. The lowest BCUT2D eigenvalue weighted by Gasteiger charge is -2.40. The largest absolute Gasteiger partial charge is 0.394 e. The average molecular weight is 570 g/mol. The monoisotopic (exact) mass is 569 g/mol. The number of fused-ring (bicyclic) bond motifs is 2. The number of hydrogen-bond donors (Lipinski definition) is 1. The summed E-state index contributed by atoms with van der Waals surface area (Å²) in [5, 5.41) is 10.7. The van der Waals surface area contributed by atoms with E-state index in [9.17, 15) is 19.5 Å². The number of hydrogen-bond acceptors (Lipinski definition) is 5. The molecule has 2 aromatic carbocycles. The third kappa shape index (κ3) is 4.57. The molecule has 4 aliphatic heterocycles. The Bertz CT molecular complexity index is 1380. The molecule has 0 saturated carbocycles. The van der Waals surface area contributed by atoms with Crippen LogP contribution in [0.3, 0.4) is 0 Å². The maximum absolute atomic E-state index is 14.7. The highest BCUT2D eigenvalue weighted by Crippen LogP contribution is 2.55. The van der Waals surface area contributed by atoms with E-state index in [4.69, 9.17) is 4.74 Å². The van der Waals surface area contributed by atoms with Crippen LogP contribution in [-0.4, -0.2) is 81.0 Å². The van der Waals surface area contributed by atoms with Crippen LogP contribution in [0.1, 0.15) is 43.9 Å². The van der Waals surface area contributed by atoms with Gasteiger partial charge in [-0.2, -0.15) is 0 Å². The predicted molar refractivity (Wildman–Crippen MR) is 158 cm³/mol. The first kappa shape index (κ1) is 28.4. The molecule has 2 fully saturated rings. The van der Waals surface area contributed by atoms with Gasteiger partial charge in [0, 0.05) is 25.7 Å². The van der Waals surface area contributed by atoms with Gasteiger partial charge < -0.3 is 24.5 Å². The fourth-order valence-corrected chi connectivity index (χ4v) is 7.43. The van der Waals surface area contributed by atoms with Gasteiger partial charge in [0.25, 0.3) is 0 Å². The van der Waals surface area contributed by atoms with E-state index >= 15 is 0 Å². The zero-order valence-corrected chi connectivity index (χ0v) is 24.2. The van der Waals surface area contributed by atoms with E-state index < -0.39 is 35.6 Å². The molecule has 220 valence electrons. The molecule has 4 aliphatic rings. The minimum absolute atomic E-state index is 0.0441. The van der Waals surface area contributed by atoms with Crippen LogP contribution in [0.4, 0.5) is 0 Å². The first-order valence-electron chi connectivity index (χ1n) is 15.0. The van der Waals surface area contributed by atoms with Gasteiger partial charge in [0.1, 0.15) is 11.6 Å². The van der Waals surface area contributed by atoms with Crippen molar-refractivity contribution < 1.29 is 24.2 Å². The summed E-state index contributed by atoms with van der Waals surface area (Å²) in [6.07, 6.45) is 8.70. The number of nitrogens with zero attached hydrogens (tertiary/aromatic N) is 3. The van der Waals surface area contributed by atoms with Crippen molar-refractivity contribution in [2.24, 2.45) is 11.8 Å². The second-order valence-electron chi connectivity index (χ2n) is 11.9. The maximum atomic E-state index is 14.7. The summed E-state index contributed by atoms with van der Waals surface area (Å²) in [7, 11) is 0. The Morgan fingerprint density at radius 1 is 0.952 bits per heavy atom. The number of carbonyl (C=O) groups excluding carboxylic acids is 3. The first-order valence-corrected chi connectivity index (χ1v) is 15.0. The average Bonchev–Trinajstić information content (AvgIpc) is 3.32. The highest BCUT2D eigenvalue weighted by molar-refractivity contribution is 6.00. The highest BCUT2D eigenvalue weighted by Gasteiger charge is 2.72. The van der Waals surface area contributed by atoms with Crippen LogP contribution in [0.25, 0.3) is 0 Å². The Balaban J connectivity index is 1.45. The molecule has 0 bridgehead atoms. The molecular weight excluding hydrogens is 530 g/mol. The van der Waals surface area contributed by atoms with Crippen LogP contribution in [0, 0.1) is 11.8 Å². The quantitative estimate of drug-likeness (QED) is 0.492. The SMILES string of the molecule is CCCC(C)N1CC=C[C@]23O[C@@H]4C=CCN(Cc5ccccc5)C(=O)[C@@H]4[C@H]2C(=O)N([C@H](CO)c2ccccc2)C3C1=O. The summed E-state index contributed by atoms with van der Waals surface area (Å²) in [4.78, 5) is 48.7. The Hall–Kier alpha value is -3.75. The Morgan fingerprint density at radius 2 is 1.67 bits per heavy atom. The lowest BCUT2D eigenvalue weighted by molar-refractivity contribution is -0.152. The number of benzene rings is 2. The molecule has 6 rings (SSSR count). The molecule has 8 heteroatoms. The van der Waals surface area contributed by atoms with Gasteiger partial charge in [0.05, 0.1) is 30.6 Å². The van der Waals surface area contributed by atoms with Crippen LogP contribution in [0.5, 0.6) is 0 Å². The van der Waals surface area contributed by atoms with Gasteiger partial charge in [0.2, 0.25) is 17.7 Å². The van der Waals surface area contributed by atoms with Crippen LogP contribution in [0.15, 0.2) is 85.0 Å². The zero-order valence-electron chi connectivity index (χ0n) is 24.2. The molecule has 2 saturated heterocycles. The number of carbonyl (C=O) groups is 3.